The molecule has 10 heteroatoms. The largest absolute Gasteiger partial charge is 0.304 e. The fourth-order valence-corrected chi connectivity index (χ4v) is 4.23. The van der Waals surface area contributed by atoms with E-state index < -0.39 is 15.6 Å². The maximum absolute atomic E-state index is 13.1. The van der Waals surface area contributed by atoms with Crippen molar-refractivity contribution in [2.24, 2.45) is 5.14 Å². The van der Waals surface area contributed by atoms with Crippen molar-refractivity contribution < 1.29 is 13.2 Å². The smallest absolute Gasteiger partial charge is 0.259 e. The van der Waals surface area contributed by atoms with Crippen LogP contribution in [0.15, 0.2) is 47.4 Å². The van der Waals surface area contributed by atoms with E-state index >= 15 is 0 Å². The van der Waals surface area contributed by atoms with Gasteiger partial charge in [-0.2, -0.15) is 5.26 Å². The van der Waals surface area contributed by atoms with Crippen molar-refractivity contribution in [3.8, 4) is 6.07 Å². The number of carbonyl (C=O) groups is 1. The summed E-state index contributed by atoms with van der Waals surface area (Å²) in [5, 5.41) is 14.6. The van der Waals surface area contributed by atoms with Gasteiger partial charge in [0, 0.05) is 5.69 Å². The van der Waals surface area contributed by atoms with Crippen LogP contribution in [0.2, 0.25) is 5.02 Å². The molecule has 1 aliphatic rings. The molecule has 1 saturated heterocycles. The van der Waals surface area contributed by atoms with Gasteiger partial charge in [-0.3, -0.25) is 9.69 Å². The number of carbonyl (C=O) groups excluding carboxylic acids is 1. The summed E-state index contributed by atoms with van der Waals surface area (Å²) in [6.45, 7) is 3.42. The Labute approximate surface area is 173 Å². The number of benzene rings is 2. The number of thiocarbonyl (C=S) groups is 1. The Balaban J connectivity index is 2.05. The van der Waals surface area contributed by atoms with E-state index in [0.717, 1.165) is 0 Å². The number of sulfonamides is 1. The van der Waals surface area contributed by atoms with Crippen molar-refractivity contribution in [2.75, 3.05) is 9.80 Å². The lowest BCUT2D eigenvalue weighted by Gasteiger charge is -2.29. The first-order chi connectivity index (χ1) is 13.0. The Morgan fingerprint density at radius 1 is 1.14 bits per heavy atom. The van der Waals surface area contributed by atoms with Crippen LogP contribution in [-0.4, -0.2) is 25.0 Å². The second-order valence-electron chi connectivity index (χ2n) is 6.63. The van der Waals surface area contributed by atoms with E-state index in [1.807, 2.05) is 6.07 Å². The van der Waals surface area contributed by atoms with Gasteiger partial charge in [0.2, 0.25) is 10.0 Å². The molecule has 1 aliphatic heterocycles. The molecule has 0 aromatic heterocycles. The lowest BCUT2D eigenvalue weighted by molar-refractivity contribution is -0.120. The molecule has 3 rings (SSSR count). The molecule has 0 radical (unpaired) electrons. The predicted octanol–water partition coefficient (Wildman–Crippen LogP) is 2.78. The van der Waals surface area contributed by atoms with Crippen LogP contribution < -0.4 is 14.9 Å². The second-order valence-corrected chi connectivity index (χ2v) is 8.97. The summed E-state index contributed by atoms with van der Waals surface area (Å²) in [6.07, 6.45) is 0. The molecule has 1 amide bonds. The number of nitriles is 1. The zero-order chi connectivity index (χ0) is 20.9. The van der Waals surface area contributed by atoms with Crippen molar-refractivity contribution in [1.29, 1.82) is 5.26 Å². The van der Waals surface area contributed by atoms with Crippen molar-refractivity contribution >= 4 is 56.2 Å². The molecule has 0 atom stereocenters. The quantitative estimate of drug-likeness (QED) is 0.744. The fourth-order valence-electron chi connectivity index (χ4n) is 2.97. The number of halogens is 1. The van der Waals surface area contributed by atoms with Crippen LogP contribution >= 0.6 is 23.8 Å². The number of nitrogens with zero attached hydrogens (tertiary/aromatic N) is 3. The Kier molecular flexibility index (Phi) is 4.93. The van der Waals surface area contributed by atoms with Crippen LogP contribution in [0.25, 0.3) is 0 Å². The molecular weight excluding hydrogens is 420 g/mol. The van der Waals surface area contributed by atoms with E-state index in [2.05, 4.69) is 0 Å². The second kappa shape index (κ2) is 6.83. The van der Waals surface area contributed by atoms with Gasteiger partial charge in [-0.1, -0.05) is 11.6 Å². The fraction of sp³-hybridized carbons (Fsp3) is 0.167. The van der Waals surface area contributed by atoms with Gasteiger partial charge in [0.05, 0.1) is 21.2 Å². The van der Waals surface area contributed by atoms with Crippen LogP contribution in [0.1, 0.15) is 19.4 Å². The monoisotopic (exact) mass is 434 g/mol. The van der Waals surface area contributed by atoms with Gasteiger partial charge in [0.15, 0.2) is 5.11 Å². The lowest BCUT2D eigenvalue weighted by Crippen LogP contribution is -2.44. The Hall–Kier alpha value is -2.51. The minimum absolute atomic E-state index is 0.0405. The van der Waals surface area contributed by atoms with Crippen molar-refractivity contribution in [3.63, 3.8) is 0 Å². The van der Waals surface area contributed by atoms with Gasteiger partial charge in [-0.05, 0) is 68.5 Å². The summed E-state index contributed by atoms with van der Waals surface area (Å²) >= 11 is 11.6. The molecule has 0 unspecified atom stereocenters. The molecule has 0 aliphatic carbocycles. The Bertz CT molecular complexity index is 1140. The highest BCUT2D eigenvalue weighted by Crippen LogP contribution is 2.37. The lowest BCUT2D eigenvalue weighted by atomic mass is 10.0. The molecule has 1 heterocycles. The van der Waals surface area contributed by atoms with Crippen LogP contribution in [0.3, 0.4) is 0 Å². The Morgan fingerprint density at radius 3 is 2.21 bits per heavy atom. The van der Waals surface area contributed by atoms with Gasteiger partial charge in [0.25, 0.3) is 5.91 Å². The van der Waals surface area contributed by atoms with Crippen molar-refractivity contribution in [1.82, 2.24) is 0 Å². The van der Waals surface area contributed by atoms with E-state index in [4.69, 9.17) is 34.2 Å². The highest BCUT2D eigenvalue weighted by atomic mass is 35.5. The number of primary sulfonamides is 1. The van der Waals surface area contributed by atoms with Crippen molar-refractivity contribution in [3.05, 3.63) is 53.1 Å². The number of amides is 1. The molecule has 2 aromatic carbocycles. The number of nitrogens with two attached hydrogens (primary N) is 1. The van der Waals surface area contributed by atoms with E-state index in [1.54, 1.807) is 24.8 Å². The number of hydrogen-bond acceptors (Lipinski definition) is 5. The summed E-state index contributed by atoms with van der Waals surface area (Å²) < 4.78 is 22.9. The molecule has 7 nitrogen and oxygen atoms in total. The maximum Gasteiger partial charge on any atom is 0.259 e. The van der Waals surface area contributed by atoms with Gasteiger partial charge in [0.1, 0.15) is 11.6 Å². The highest BCUT2D eigenvalue weighted by Gasteiger charge is 2.50. The van der Waals surface area contributed by atoms with Crippen LogP contribution in [0.4, 0.5) is 11.4 Å². The first-order valence-corrected chi connectivity index (χ1v) is 10.3. The molecule has 2 N–H and O–H groups in total. The first kappa shape index (κ1) is 20.2. The minimum Gasteiger partial charge on any atom is -0.304 e. The molecule has 144 valence electrons. The average Bonchev–Trinajstić information content (AvgIpc) is 2.79. The summed E-state index contributed by atoms with van der Waals surface area (Å²) in [5.74, 6) is -0.284. The van der Waals surface area contributed by atoms with E-state index in [-0.39, 0.29) is 26.5 Å². The average molecular weight is 435 g/mol. The topological polar surface area (TPSA) is 108 Å². The zero-order valence-electron chi connectivity index (χ0n) is 14.9. The number of anilines is 2. The van der Waals surface area contributed by atoms with Gasteiger partial charge in [-0.15, -0.1) is 0 Å². The zero-order valence-corrected chi connectivity index (χ0v) is 17.3. The first-order valence-electron chi connectivity index (χ1n) is 8.00. The molecule has 0 spiro atoms. The summed E-state index contributed by atoms with van der Waals surface area (Å²) in [6, 6.07) is 12.4. The summed E-state index contributed by atoms with van der Waals surface area (Å²) in [5.41, 5.74) is 0.243. The van der Waals surface area contributed by atoms with Gasteiger partial charge in [-0.25, -0.2) is 13.6 Å². The molecule has 1 fully saturated rings. The minimum atomic E-state index is -3.83. The predicted molar refractivity (Wildman–Crippen MR) is 111 cm³/mol. The van der Waals surface area contributed by atoms with Crippen molar-refractivity contribution in [2.45, 2.75) is 24.3 Å². The normalized spacial score (nSPS) is 16.4. The standard InChI is InChI=1S/C18H15ClN4O3S2/c1-18(2)16(24)22(13-4-3-11(10-20)15(19)9-13)17(27)23(18)12-5-7-14(8-6-12)28(21,25)26/h3-9H,1-2H3,(H2,21,25,26). The third kappa shape index (κ3) is 3.25. The van der Waals surface area contributed by atoms with E-state index in [9.17, 15) is 13.2 Å². The molecule has 28 heavy (non-hydrogen) atoms. The SMILES string of the molecule is CC1(C)C(=O)N(c2ccc(C#N)c(Cl)c2)C(=S)N1c1ccc(S(N)(=O)=O)cc1. The van der Waals surface area contributed by atoms with Crippen LogP contribution in [-0.2, 0) is 14.8 Å². The molecule has 0 bridgehead atoms. The maximum atomic E-state index is 13.1. The van der Waals surface area contributed by atoms with Crippen LogP contribution in [0.5, 0.6) is 0 Å². The molecular formula is C18H15ClN4O3S2. The molecule has 0 saturated carbocycles. The van der Waals surface area contributed by atoms with Crippen LogP contribution in [0, 0.1) is 11.3 Å². The third-order valence-electron chi connectivity index (χ3n) is 4.42. The van der Waals surface area contributed by atoms with E-state index in [1.165, 1.54) is 41.3 Å². The third-order valence-corrected chi connectivity index (χ3v) is 6.03. The number of rotatable bonds is 3. The van der Waals surface area contributed by atoms with E-state index in [0.29, 0.717) is 11.4 Å². The van der Waals surface area contributed by atoms with Gasteiger partial charge >= 0.3 is 0 Å². The highest BCUT2D eigenvalue weighted by molar-refractivity contribution is 7.89. The van der Waals surface area contributed by atoms with Gasteiger partial charge < -0.3 is 4.90 Å². The summed E-state index contributed by atoms with van der Waals surface area (Å²) in [4.78, 5) is 16.0. The number of hydrogen-bond donors (Lipinski definition) is 1. The Morgan fingerprint density at radius 2 is 1.71 bits per heavy atom. The summed E-state index contributed by atoms with van der Waals surface area (Å²) in [7, 11) is -3.83. The molecule has 2 aromatic rings.